The van der Waals surface area contributed by atoms with Gasteiger partial charge in [0.05, 0.1) is 5.56 Å². The van der Waals surface area contributed by atoms with Gasteiger partial charge < -0.3 is 14.9 Å². The van der Waals surface area contributed by atoms with E-state index in [1.807, 2.05) is 6.07 Å². The molecule has 4 nitrogen and oxygen atoms in total. The summed E-state index contributed by atoms with van der Waals surface area (Å²) in [6, 6.07) is 7.05. The van der Waals surface area contributed by atoms with Crippen LogP contribution in [0.4, 0.5) is 4.39 Å². The van der Waals surface area contributed by atoms with E-state index in [1.54, 1.807) is 6.07 Å². The van der Waals surface area contributed by atoms with Crippen LogP contribution in [0.2, 0.25) is 0 Å². The van der Waals surface area contributed by atoms with Gasteiger partial charge >= 0.3 is 5.97 Å². The van der Waals surface area contributed by atoms with Crippen LogP contribution in [-0.2, 0) is 0 Å². The molecule has 0 aliphatic carbocycles. The summed E-state index contributed by atoms with van der Waals surface area (Å²) in [7, 11) is 0. The molecule has 0 fully saturated rings. The number of rotatable bonds is 4. The van der Waals surface area contributed by atoms with Gasteiger partial charge in [0.1, 0.15) is 11.6 Å². The summed E-state index contributed by atoms with van der Waals surface area (Å²) in [5.41, 5.74) is 0.0646. The fourth-order valence-electron chi connectivity index (χ4n) is 1.69. The molecule has 2 rings (SSSR count). The third-order valence-corrected chi connectivity index (χ3v) is 6.41. The topological polar surface area (TPSA) is 66.8 Å². The zero-order valence-corrected chi connectivity index (χ0v) is 17.2. The number of benzene rings is 2. The minimum absolute atomic E-state index is 0.0796. The van der Waals surface area contributed by atoms with Gasteiger partial charge in [0.15, 0.2) is 0 Å². The molecule has 0 aliphatic heterocycles. The van der Waals surface area contributed by atoms with E-state index in [0.29, 0.717) is 5.56 Å². The van der Waals surface area contributed by atoms with E-state index in [1.165, 1.54) is 6.07 Å². The molecule has 2 aromatic carbocycles. The summed E-state index contributed by atoms with van der Waals surface area (Å²) >= 11 is 6.38. The molecule has 1 atom stereocenters. The van der Waals surface area contributed by atoms with E-state index in [2.05, 4.69) is 67.8 Å². The van der Waals surface area contributed by atoms with Crippen LogP contribution in [0.3, 0.4) is 0 Å². The molecule has 0 amide bonds. The monoisotopic (exact) mass is 640 g/mol. The molecule has 0 spiro atoms. The van der Waals surface area contributed by atoms with Crippen molar-refractivity contribution in [2.24, 2.45) is 0 Å². The minimum atomic E-state index is -1.39. The molecular weight excluding hydrogens is 632 g/mol. The number of hydrogen-bond donors (Lipinski definition) is 2. The summed E-state index contributed by atoms with van der Waals surface area (Å²) in [4.78, 5) is 10.9. The van der Waals surface area contributed by atoms with E-state index in [9.17, 15) is 14.3 Å². The molecule has 0 heterocycles. The lowest BCUT2D eigenvalue weighted by molar-refractivity contribution is -0.0203. The van der Waals surface area contributed by atoms with Crippen molar-refractivity contribution in [3.8, 4) is 5.75 Å². The van der Waals surface area contributed by atoms with E-state index in [4.69, 9.17) is 9.84 Å². The number of ether oxygens (including phenoxy) is 1. The van der Waals surface area contributed by atoms with Crippen molar-refractivity contribution < 1.29 is 24.1 Å². The first-order valence-electron chi connectivity index (χ1n) is 5.81. The van der Waals surface area contributed by atoms with Gasteiger partial charge in [-0.1, -0.05) is 0 Å². The van der Waals surface area contributed by atoms with Crippen LogP contribution in [0.25, 0.3) is 0 Å². The number of aromatic carboxylic acids is 1. The molecule has 2 N–H and O–H groups in total. The predicted octanol–water partition coefficient (Wildman–Crippen LogP) is 4.41. The Balaban J connectivity index is 2.31. The van der Waals surface area contributed by atoms with Crippen molar-refractivity contribution in [2.75, 3.05) is 0 Å². The van der Waals surface area contributed by atoms with Crippen molar-refractivity contribution in [1.29, 1.82) is 0 Å². The maximum absolute atomic E-state index is 13.3. The maximum Gasteiger partial charge on any atom is 0.338 e. The molecule has 0 aromatic heterocycles. The average molecular weight is 640 g/mol. The van der Waals surface area contributed by atoms with Crippen LogP contribution in [0.5, 0.6) is 5.75 Å². The van der Waals surface area contributed by atoms with Crippen LogP contribution in [-0.4, -0.2) is 16.2 Å². The Labute approximate surface area is 166 Å². The third kappa shape index (κ3) is 4.20. The fraction of sp³-hybridized carbons (Fsp3) is 0.0714. The highest BCUT2D eigenvalue weighted by atomic mass is 127. The highest BCUT2D eigenvalue weighted by Crippen LogP contribution is 2.29. The number of halogens is 4. The van der Waals surface area contributed by atoms with Crippen molar-refractivity contribution in [3.63, 3.8) is 0 Å². The van der Waals surface area contributed by atoms with Crippen molar-refractivity contribution in [3.05, 3.63) is 58.0 Å². The smallest absolute Gasteiger partial charge is 0.338 e. The minimum Gasteiger partial charge on any atom is -0.478 e. The first-order valence-corrected chi connectivity index (χ1v) is 9.05. The van der Waals surface area contributed by atoms with E-state index in [-0.39, 0.29) is 5.75 Å². The molecule has 8 heteroatoms. The van der Waals surface area contributed by atoms with Crippen LogP contribution >= 0.6 is 67.8 Å². The summed E-state index contributed by atoms with van der Waals surface area (Å²) in [5, 5.41) is 19.1. The zero-order chi connectivity index (χ0) is 16.4. The van der Waals surface area contributed by atoms with E-state index >= 15 is 0 Å². The SMILES string of the molecule is O=C(O)c1cc(OC(O)c2cc(I)cc(I)c2I)ccc1F. The highest BCUT2D eigenvalue weighted by molar-refractivity contribution is 14.1. The van der Waals surface area contributed by atoms with Gasteiger partial charge in [-0.2, -0.15) is 0 Å². The van der Waals surface area contributed by atoms with Crippen LogP contribution < -0.4 is 4.74 Å². The molecule has 0 saturated heterocycles. The lowest BCUT2D eigenvalue weighted by Crippen LogP contribution is -2.10. The molecule has 0 bridgehead atoms. The van der Waals surface area contributed by atoms with Gasteiger partial charge in [-0.25, -0.2) is 9.18 Å². The van der Waals surface area contributed by atoms with Crippen LogP contribution in [0, 0.1) is 16.5 Å². The Kier molecular flexibility index (Phi) is 6.24. The Hall–Kier alpha value is -0.210. The number of carboxylic acid groups (broad SMARTS) is 1. The zero-order valence-electron chi connectivity index (χ0n) is 10.7. The Bertz CT molecular complexity index is 736. The molecule has 1 unspecified atom stereocenters. The standard InChI is InChI=1S/C14H8FI3O4/c15-10-2-1-7(5-8(10)13(19)20)22-14(21)9-3-6(16)4-11(17)12(9)18/h1-5,14,21H,(H,19,20). The Morgan fingerprint density at radius 3 is 2.50 bits per heavy atom. The molecule has 0 saturated carbocycles. The quantitative estimate of drug-likeness (QED) is 0.296. The molecule has 0 aliphatic rings. The van der Waals surface area contributed by atoms with Crippen molar-refractivity contribution in [1.82, 2.24) is 0 Å². The van der Waals surface area contributed by atoms with Gasteiger partial charge in [-0.15, -0.1) is 0 Å². The van der Waals surface area contributed by atoms with Gasteiger partial charge in [0.25, 0.3) is 0 Å². The second kappa shape index (κ2) is 7.57. The van der Waals surface area contributed by atoms with Crippen LogP contribution in [0.1, 0.15) is 22.2 Å². The van der Waals surface area contributed by atoms with Crippen molar-refractivity contribution in [2.45, 2.75) is 6.29 Å². The summed E-state index contributed by atoms with van der Waals surface area (Å²) in [5.74, 6) is -2.17. The van der Waals surface area contributed by atoms with E-state index < -0.39 is 23.6 Å². The lowest BCUT2D eigenvalue weighted by Gasteiger charge is -2.17. The average Bonchev–Trinajstić information content (AvgIpc) is 2.44. The second-order valence-corrected chi connectivity index (χ2v) is 7.69. The number of carboxylic acids is 1. The maximum atomic E-state index is 13.3. The number of aliphatic hydroxyl groups is 1. The van der Waals surface area contributed by atoms with Gasteiger partial charge in [0, 0.05) is 16.3 Å². The van der Waals surface area contributed by atoms with Crippen molar-refractivity contribution >= 4 is 73.7 Å². The normalized spacial score (nSPS) is 12.0. The number of aliphatic hydroxyl groups excluding tert-OH is 1. The van der Waals surface area contributed by atoms with E-state index in [0.717, 1.165) is 22.8 Å². The first kappa shape index (κ1) is 18.1. The lowest BCUT2D eigenvalue weighted by atomic mass is 10.2. The molecule has 22 heavy (non-hydrogen) atoms. The second-order valence-electron chi connectivity index (χ2n) is 4.21. The highest BCUT2D eigenvalue weighted by Gasteiger charge is 2.18. The first-order chi connectivity index (χ1) is 10.3. The fourth-order valence-corrected chi connectivity index (χ4v) is 4.16. The molecule has 0 radical (unpaired) electrons. The predicted molar refractivity (Wildman–Crippen MR) is 104 cm³/mol. The largest absolute Gasteiger partial charge is 0.478 e. The molecule has 2 aromatic rings. The van der Waals surface area contributed by atoms with Gasteiger partial charge in [-0.3, -0.25) is 0 Å². The number of hydrogen-bond acceptors (Lipinski definition) is 3. The number of carbonyl (C=O) groups is 1. The van der Waals surface area contributed by atoms with Crippen LogP contribution in [0.15, 0.2) is 30.3 Å². The molecular formula is C14H8FI3O4. The Morgan fingerprint density at radius 2 is 1.86 bits per heavy atom. The third-order valence-electron chi connectivity index (χ3n) is 2.70. The van der Waals surface area contributed by atoms with Gasteiger partial charge in [0.2, 0.25) is 6.29 Å². The molecule has 116 valence electrons. The Morgan fingerprint density at radius 1 is 1.18 bits per heavy atom. The summed E-state index contributed by atoms with van der Waals surface area (Å²) < 4.78 is 21.4. The summed E-state index contributed by atoms with van der Waals surface area (Å²) in [6.45, 7) is 0. The van der Waals surface area contributed by atoms with Gasteiger partial charge in [-0.05, 0) is 98.1 Å². The summed E-state index contributed by atoms with van der Waals surface area (Å²) in [6.07, 6.45) is -1.28.